The van der Waals surface area contributed by atoms with Gasteiger partial charge in [-0.15, -0.1) is 0 Å². The standard InChI is InChI=1S/C13H24O2/c14-12(10-11-4-3-5-11)7-8-13-6-1-2-9-15-13/h11-14H,1-10H2. The van der Waals surface area contributed by atoms with Crippen molar-refractivity contribution < 1.29 is 9.84 Å². The molecule has 1 N–H and O–H groups in total. The molecule has 0 radical (unpaired) electrons. The molecule has 2 nitrogen and oxygen atoms in total. The number of hydrogen-bond acceptors (Lipinski definition) is 2. The molecule has 0 aromatic carbocycles. The number of hydrogen-bond donors (Lipinski definition) is 1. The molecule has 1 saturated heterocycles. The Balaban J connectivity index is 1.55. The van der Waals surface area contributed by atoms with Crippen LogP contribution in [0.4, 0.5) is 0 Å². The minimum Gasteiger partial charge on any atom is -0.393 e. The van der Waals surface area contributed by atoms with Gasteiger partial charge in [0, 0.05) is 6.61 Å². The van der Waals surface area contributed by atoms with Gasteiger partial charge in [-0.25, -0.2) is 0 Å². The summed E-state index contributed by atoms with van der Waals surface area (Å²) in [6, 6.07) is 0. The maximum atomic E-state index is 9.86. The van der Waals surface area contributed by atoms with Crippen LogP contribution in [0.25, 0.3) is 0 Å². The van der Waals surface area contributed by atoms with Gasteiger partial charge in [-0.2, -0.15) is 0 Å². The zero-order chi connectivity index (χ0) is 10.5. The highest BCUT2D eigenvalue weighted by molar-refractivity contribution is 4.74. The molecule has 1 aliphatic heterocycles. The van der Waals surface area contributed by atoms with Crippen LogP contribution >= 0.6 is 0 Å². The van der Waals surface area contributed by atoms with Gasteiger partial charge in [0.1, 0.15) is 0 Å². The lowest BCUT2D eigenvalue weighted by Crippen LogP contribution is -2.23. The highest BCUT2D eigenvalue weighted by Gasteiger charge is 2.22. The first-order chi connectivity index (χ1) is 7.34. The zero-order valence-electron chi connectivity index (χ0n) is 9.66. The van der Waals surface area contributed by atoms with Crippen LogP contribution < -0.4 is 0 Å². The van der Waals surface area contributed by atoms with Gasteiger partial charge in [-0.3, -0.25) is 0 Å². The summed E-state index contributed by atoms with van der Waals surface area (Å²) in [7, 11) is 0. The summed E-state index contributed by atoms with van der Waals surface area (Å²) in [5.41, 5.74) is 0. The predicted molar refractivity (Wildman–Crippen MR) is 60.8 cm³/mol. The van der Waals surface area contributed by atoms with Crippen molar-refractivity contribution in [2.24, 2.45) is 5.92 Å². The molecule has 2 unspecified atom stereocenters. The quantitative estimate of drug-likeness (QED) is 0.759. The fourth-order valence-electron chi connectivity index (χ4n) is 2.64. The van der Waals surface area contributed by atoms with E-state index >= 15 is 0 Å². The Bertz CT molecular complexity index is 171. The predicted octanol–water partition coefficient (Wildman–Crippen LogP) is 2.89. The molecule has 0 aromatic rings. The minimum absolute atomic E-state index is 0.0687. The highest BCUT2D eigenvalue weighted by atomic mass is 16.5. The summed E-state index contributed by atoms with van der Waals surface area (Å²) in [4.78, 5) is 0. The van der Waals surface area contributed by atoms with Gasteiger partial charge in [0.15, 0.2) is 0 Å². The van der Waals surface area contributed by atoms with Crippen LogP contribution in [-0.4, -0.2) is 23.9 Å². The maximum absolute atomic E-state index is 9.86. The molecule has 2 atom stereocenters. The Morgan fingerprint density at radius 1 is 1.13 bits per heavy atom. The van der Waals surface area contributed by atoms with E-state index in [-0.39, 0.29) is 6.10 Å². The second-order valence-electron chi connectivity index (χ2n) is 5.25. The molecule has 1 heterocycles. The molecule has 88 valence electrons. The van der Waals surface area contributed by atoms with E-state index in [4.69, 9.17) is 4.74 Å². The molecule has 2 aliphatic rings. The van der Waals surface area contributed by atoms with Gasteiger partial charge in [0.2, 0.25) is 0 Å². The van der Waals surface area contributed by atoms with Crippen LogP contribution in [0, 0.1) is 5.92 Å². The van der Waals surface area contributed by atoms with Gasteiger partial charge < -0.3 is 9.84 Å². The fraction of sp³-hybridized carbons (Fsp3) is 1.00. The molecule has 1 saturated carbocycles. The summed E-state index contributed by atoms with van der Waals surface area (Å²) in [6.45, 7) is 0.934. The van der Waals surface area contributed by atoms with Crippen molar-refractivity contribution in [3.63, 3.8) is 0 Å². The number of aliphatic hydroxyl groups is 1. The summed E-state index contributed by atoms with van der Waals surface area (Å²) < 4.78 is 5.66. The SMILES string of the molecule is OC(CCC1CCCCO1)CC1CCC1. The second-order valence-corrected chi connectivity index (χ2v) is 5.25. The Morgan fingerprint density at radius 2 is 2.00 bits per heavy atom. The van der Waals surface area contributed by atoms with Crippen LogP contribution in [0.1, 0.15) is 57.8 Å². The van der Waals surface area contributed by atoms with E-state index in [0.29, 0.717) is 6.10 Å². The lowest BCUT2D eigenvalue weighted by molar-refractivity contribution is -0.000571. The molecule has 15 heavy (non-hydrogen) atoms. The van der Waals surface area contributed by atoms with Crippen molar-refractivity contribution in [1.82, 2.24) is 0 Å². The molecule has 0 spiro atoms. The molecule has 2 heteroatoms. The molecular weight excluding hydrogens is 188 g/mol. The number of rotatable bonds is 5. The average Bonchev–Trinajstić information content (AvgIpc) is 2.22. The van der Waals surface area contributed by atoms with Crippen LogP contribution in [0.2, 0.25) is 0 Å². The van der Waals surface area contributed by atoms with Gasteiger partial charge >= 0.3 is 0 Å². The van der Waals surface area contributed by atoms with Gasteiger partial charge in [-0.1, -0.05) is 19.3 Å². The van der Waals surface area contributed by atoms with E-state index in [1.807, 2.05) is 0 Å². The van der Waals surface area contributed by atoms with Crippen molar-refractivity contribution in [3.8, 4) is 0 Å². The third-order valence-corrected chi connectivity index (χ3v) is 3.93. The molecule has 1 aliphatic carbocycles. The Kier molecular flexibility index (Phi) is 4.45. The highest BCUT2D eigenvalue weighted by Crippen LogP contribution is 2.31. The Labute approximate surface area is 93.0 Å². The molecule has 2 fully saturated rings. The van der Waals surface area contributed by atoms with E-state index in [1.54, 1.807) is 0 Å². The summed E-state index contributed by atoms with van der Waals surface area (Å²) in [5, 5.41) is 9.86. The topological polar surface area (TPSA) is 29.5 Å². The van der Waals surface area contributed by atoms with Gasteiger partial charge in [0.25, 0.3) is 0 Å². The van der Waals surface area contributed by atoms with Crippen molar-refractivity contribution in [2.75, 3.05) is 6.61 Å². The Morgan fingerprint density at radius 3 is 2.60 bits per heavy atom. The van der Waals surface area contributed by atoms with Crippen molar-refractivity contribution in [3.05, 3.63) is 0 Å². The molecule has 0 amide bonds. The second kappa shape index (κ2) is 5.86. The van der Waals surface area contributed by atoms with E-state index in [0.717, 1.165) is 31.8 Å². The van der Waals surface area contributed by atoms with Crippen LogP contribution in [-0.2, 0) is 4.74 Å². The normalized spacial score (nSPS) is 29.8. The summed E-state index contributed by atoms with van der Waals surface area (Å²) in [6.07, 6.45) is 11.2. The Hall–Kier alpha value is -0.0800. The van der Waals surface area contributed by atoms with Crippen molar-refractivity contribution in [1.29, 1.82) is 0 Å². The number of aliphatic hydroxyl groups excluding tert-OH is 1. The van der Waals surface area contributed by atoms with Crippen molar-refractivity contribution >= 4 is 0 Å². The van der Waals surface area contributed by atoms with E-state index < -0.39 is 0 Å². The lowest BCUT2D eigenvalue weighted by atomic mass is 9.80. The molecular formula is C13H24O2. The first kappa shape index (κ1) is 11.4. The average molecular weight is 212 g/mol. The van der Waals surface area contributed by atoms with E-state index in [9.17, 15) is 5.11 Å². The molecule has 2 rings (SSSR count). The van der Waals surface area contributed by atoms with Crippen LogP contribution in [0.15, 0.2) is 0 Å². The smallest absolute Gasteiger partial charge is 0.0576 e. The van der Waals surface area contributed by atoms with E-state index in [1.165, 1.54) is 38.5 Å². The monoisotopic (exact) mass is 212 g/mol. The minimum atomic E-state index is -0.0687. The lowest BCUT2D eigenvalue weighted by Gasteiger charge is -2.28. The van der Waals surface area contributed by atoms with Crippen LogP contribution in [0.5, 0.6) is 0 Å². The molecule has 0 aromatic heterocycles. The summed E-state index contributed by atoms with van der Waals surface area (Å²) in [5.74, 6) is 0.826. The third kappa shape index (κ3) is 3.76. The van der Waals surface area contributed by atoms with Gasteiger partial charge in [0.05, 0.1) is 12.2 Å². The first-order valence-electron chi connectivity index (χ1n) is 6.64. The first-order valence-corrected chi connectivity index (χ1v) is 6.64. The molecule has 0 bridgehead atoms. The summed E-state index contributed by atoms with van der Waals surface area (Å²) >= 11 is 0. The van der Waals surface area contributed by atoms with Crippen molar-refractivity contribution in [2.45, 2.75) is 70.0 Å². The maximum Gasteiger partial charge on any atom is 0.0576 e. The van der Waals surface area contributed by atoms with E-state index in [2.05, 4.69) is 0 Å². The largest absolute Gasteiger partial charge is 0.393 e. The van der Waals surface area contributed by atoms with Crippen LogP contribution in [0.3, 0.4) is 0 Å². The fourth-order valence-corrected chi connectivity index (χ4v) is 2.64. The van der Waals surface area contributed by atoms with Gasteiger partial charge in [-0.05, 0) is 44.4 Å². The zero-order valence-corrected chi connectivity index (χ0v) is 9.66. The third-order valence-electron chi connectivity index (χ3n) is 3.93. The number of ether oxygens (including phenoxy) is 1.